The summed E-state index contributed by atoms with van der Waals surface area (Å²) in [4.78, 5) is 14.5. The number of hydrogen-bond acceptors (Lipinski definition) is 3. The summed E-state index contributed by atoms with van der Waals surface area (Å²) in [6, 6.07) is 11.7. The van der Waals surface area contributed by atoms with Gasteiger partial charge in [-0.25, -0.2) is 4.98 Å². The number of para-hydroxylation sites is 1. The van der Waals surface area contributed by atoms with Crippen molar-refractivity contribution < 1.29 is 4.79 Å². The number of aldehydes is 1. The Morgan fingerprint density at radius 3 is 2.93 bits per heavy atom. The van der Waals surface area contributed by atoms with Crippen LogP contribution in [0.5, 0.6) is 0 Å². The molecule has 3 heteroatoms. The van der Waals surface area contributed by atoms with Gasteiger partial charge in [0.05, 0.1) is 12.1 Å². The first-order chi connectivity index (χ1) is 6.90. The SMILES string of the molecule is O=CCNc1ccc2ccccc2n1. The Morgan fingerprint density at radius 1 is 1.21 bits per heavy atom. The lowest BCUT2D eigenvalue weighted by atomic mass is 10.2. The number of pyridine rings is 1. The molecule has 0 bridgehead atoms. The number of carbonyl (C=O) groups is 1. The smallest absolute Gasteiger partial charge is 0.139 e. The van der Waals surface area contributed by atoms with Gasteiger partial charge in [-0.2, -0.15) is 0 Å². The van der Waals surface area contributed by atoms with Crippen LogP contribution in [-0.2, 0) is 4.79 Å². The van der Waals surface area contributed by atoms with Crippen LogP contribution >= 0.6 is 0 Å². The molecule has 0 fully saturated rings. The molecule has 1 aromatic carbocycles. The fourth-order valence-corrected chi connectivity index (χ4v) is 1.31. The van der Waals surface area contributed by atoms with E-state index in [0.717, 1.165) is 23.0 Å². The van der Waals surface area contributed by atoms with Gasteiger partial charge < -0.3 is 10.1 Å². The van der Waals surface area contributed by atoms with Gasteiger partial charge in [0.1, 0.15) is 12.1 Å². The van der Waals surface area contributed by atoms with Crippen molar-refractivity contribution in [2.75, 3.05) is 11.9 Å². The maximum Gasteiger partial charge on any atom is 0.139 e. The average Bonchev–Trinajstić information content (AvgIpc) is 2.26. The minimum Gasteiger partial charge on any atom is -0.363 e. The van der Waals surface area contributed by atoms with Crippen molar-refractivity contribution >= 4 is 23.0 Å². The third-order valence-corrected chi connectivity index (χ3v) is 1.96. The molecule has 0 saturated heterocycles. The summed E-state index contributed by atoms with van der Waals surface area (Å²) in [5, 5.41) is 4.01. The Morgan fingerprint density at radius 2 is 2.07 bits per heavy atom. The number of nitrogens with zero attached hydrogens (tertiary/aromatic N) is 1. The molecule has 1 aromatic heterocycles. The van der Waals surface area contributed by atoms with E-state index in [-0.39, 0.29) is 0 Å². The number of fused-ring (bicyclic) bond motifs is 1. The Labute approximate surface area is 81.8 Å². The van der Waals surface area contributed by atoms with Gasteiger partial charge in [-0.05, 0) is 18.2 Å². The van der Waals surface area contributed by atoms with E-state index in [0.29, 0.717) is 6.54 Å². The van der Waals surface area contributed by atoms with Gasteiger partial charge in [0, 0.05) is 5.39 Å². The van der Waals surface area contributed by atoms with Crippen LogP contribution in [0, 0.1) is 0 Å². The zero-order valence-corrected chi connectivity index (χ0v) is 7.60. The van der Waals surface area contributed by atoms with Crippen LogP contribution in [-0.4, -0.2) is 17.8 Å². The van der Waals surface area contributed by atoms with Gasteiger partial charge in [-0.15, -0.1) is 0 Å². The van der Waals surface area contributed by atoms with Crippen LogP contribution in [0.2, 0.25) is 0 Å². The highest BCUT2D eigenvalue weighted by Gasteiger charge is 1.95. The summed E-state index contributed by atoms with van der Waals surface area (Å²) in [5.74, 6) is 0.732. The van der Waals surface area contributed by atoms with Gasteiger partial charge in [0.25, 0.3) is 0 Å². The molecule has 1 N–H and O–H groups in total. The van der Waals surface area contributed by atoms with E-state index in [1.807, 2.05) is 36.4 Å². The molecule has 0 atom stereocenters. The van der Waals surface area contributed by atoms with E-state index in [4.69, 9.17) is 0 Å². The van der Waals surface area contributed by atoms with Crippen molar-refractivity contribution in [3.63, 3.8) is 0 Å². The lowest BCUT2D eigenvalue weighted by molar-refractivity contribution is -0.106. The summed E-state index contributed by atoms with van der Waals surface area (Å²) in [6.07, 6.45) is 0.816. The molecule has 0 aliphatic rings. The van der Waals surface area contributed by atoms with E-state index in [9.17, 15) is 4.79 Å². The molecule has 2 aromatic rings. The van der Waals surface area contributed by atoms with Gasteiger partial charge >= 0.3 is 0 Å². The number of anilines is 1. The van der Waals surface area contributed by atoms with Crippen LogP contribution in [0.1, 0.15) is 0 Å². The molecular weight excluding hydrogens is 176 g/mol. The maximum atomic E-state index is 10.2. The van der Waals surface area contributed by atoms with E-state index >= 15 is 0 Å². The highest BCUT2D eigenvalue weighted by Crippen LogP contribution is 2.13. The Kier molecular flexibility index (Phi) is 2.40. The molecule has 0 unspecified atom stereocenters. The third kappa shape index (κ3) is 1.71. The fraction of sp³-hybridized carbons (Fsp3) is 0.0909. The van der Waals surface area contributed by atoms with Crippen LogP contribution in [0.15, 0.2) is 36.4 Å². The molecule has 0 saturated carbocycles. The highest BCUT2D eigenvalue weighted by atomic mass is 16.1. The second kappa shape index (κ2) is 3.87. The second-order valence-electron chi connectivity index (χ2n) is 2.94. The quantitative estimate of drug-likeness (QED) is 0.744. The largest absolute Gasteiger partial charge is 0.363 e. The lowest BCUT2D eigenvalue weighted by Crippen LogP contribution is -2.03. The molecule has 0 amide bonds. The molecule has 3 nitrogen and oxygen atoms in total. The van der Waals surface area contributed by atoms with Gasteiger partial charge in [-0.1, -0.05) is 18.2 Å². The topological polar surface area (TPSA) is 42.0 Å². The molecule has 0 radical (unpaired) electrons. The molecule has 70 valence electrons. The van der Waals surface area contributed by atoms with Crippen molar-refractivity contribution in [3.8, 4) is 0 Å². The minimum absolute atomic E-state index is 0.297. The maximum absolute atomic E-state index is 10.2. The van der Waals surface area contributed by atoms with Gasteiger partial charge in [0.15, 0.2) is 0 Å². The van der Waals surface area contributed by atoms with Gasteiger partial charge in [-0.3, -0.25) is 0 Å². The number of benzene rings is 1. The Balaban J connectivity index is 2.36. The van der Waals surface area contributed by atoms with Crippen molar-refractivity contribution in [3.05, 3.63) is 36.4 Å². The van der Waals surface area contributed by atoms with Crippen LogP contribution < -0.4 is 5.32 Å². The summed E-state index contributed by atoms with van der Waals surface area (Å²) >= 11 is 0. The van der Waals surface area contributed by atoms with Crippen molar-refractivity contribution in [2.24, 2.45) is 0 Å². The van der Waals surface area contributed by atoms with Gasteiger partial charge in [0.2, 0.25) is 0 Å². The van der Waals surface area contributed by atoms with Crippen molar-refractivity contribution in [2.45, 2.75) is 0 Å². The number of rotatable bonds is 3. The molecule has 0 aliphatic heterocycles. The van der Waals surface area contributed by atoms with E-state index in [1.165, 1.54) is 0 Å². The summed E-state index contributed by atoms with van der Waals surface area (Å²) in [5.41, 5.74) is 0.934. The van der Waals surface area contributed by atoms with Crippen molar-refractivity contribution in [1.29, 1.82) is 0 Å². The lowest BCUT2D eigenvalue weighted by Gasteiger charge is -2.02. The summed E-state index contributed by atoms with van der Waals surface area (Å²) in [6.45, 7) is 0.297. The third-order valence-electron chi connectivity index (χ3n) is 1.96. The zero-order valence-electron chi connectivity index (χ0n) is 7.60. The first kappa shape index (κ1) is 8.69. The van der Waals surface area contributed by atoms with Crippen molar-refractivity contribution in [1.82, 2.24) is 4.98 Å². The van der Waals surface area contributed by atoms with E-state index in [1.54, 1.807) is 0 Å². The fourth-order valence-electron chi connectivity index (χ4n) is 1.31. The van der Waals surface area contributed by atoms with E-state index < -0.39 is 0 Å². The first-order valence-corrected chi connectivity index (χ1v) is 4.43. The molecule has 2 rings (SSSR count). The monoisotopic (exact) mass is 186 g/mol. The first-order valence-electron chi connectivity index (χ1n) is 4.43. The standard InChI is InChI=1S/C11H10N2O/c14-8-7-12-11-6-5-9-3-1-2-4-10(9)13-11/h1-6,8H,7H2,(H,12,13). The van der Waals surface area contributed by atoms with Crippen LogP contribution in [0.25, 0.3) is 10.9 Å². The molecule has 1 heterocycles. The number of carbonyl (C=O) groups excluding carboxylic acids is 1. The Hall–Kier alpha value is -1.90. The number of hydrogen-bond donors (Lipinski definition) is 1. The minimum atomic E-state index is 0.297. The molecular formula is C11H10N2O. The molecule has 14 heavy (non-hydrogen) atoms. The summed E-state index contributed by atoms with van der Waals surface area (Å²) < 4.78 is 0. The molecule has 0 aliphatic carbocycles. The number of aromatic nitrogens is 1. The predicted octanol–water partition coefficient (Wildman–Crippen LogP) is 1.85. The zero-order chi connectivity index (χ0) is 9.80. The van der Waals surface area contributed by atoms with Crippen LogP contribution in [0.3, 0.4) is 0 Å². The highest BCUT2D eigenvalue weighted by molar-refractivity contribution is 5.80. The number of nitrogens with one attached hydrogen (secondary N) is 1. The summed E-state index contributed by atoms with van der Waals surface area (Å²) in [7, 11) is 0. The Bertz CT molecular complexity index is 454. The molecule has 0 spiro atoms. The van der Waals surface area contributed by atoms with Crippen LogP contribution in [0.4, 0.5) is 5.82 Å². The predicted molar refractivity (Wildman–Crippen MR) is 56.3 cm³/mol. The second-order valence-corrected chi connectivity index (χ2v) is 2.94. The average molecular weight is 186 g/mol. The van der Waals surface area contributed by atoms with E-state index in [2.05, 4.69) is 10.3 Å². The normalized spacial score (nSPS) is 10.0.